The second kappa shape index (κ2) is 7.03. The molecule has 2 N–H and O–H groups in total. The van der Waals surface area contributed by atoms with Gasteiger partial charge in [-0.15, -0.1) is 0 Å². The van der Waals surface area contributed by atoms with E-state index in [1.165, 1.54) is 16.9 Å². The lowest BCUT2D eigenvalue weighted by Gasteiger charge is -2.40. The summed E-state index contributed by atoms with van der Waals surface area (Å²) < 4.78 is 6.90. The van der Waals surface area contributed by atoms with Crippen LogP contribution in [0, 0.1) is 0 Å². The van der Waals surface area contributed by atoms with Gasteiger partial charge < -0.3 is 15.4 Å². The van der Waals surface area contributed by atoms with Crippen LogP contribution in [0.1, 0.15) is 18.4 Å². The molecule has 1 aromatic carbocycles. The lowest BCUT2D eigenvalue weighted by molar-refractivity contribution is 0.0883. The smallest absolute Gasteiger partial charge is 0.315 e. The molecule has 0 saturated carbocycles. The molecule has 5 rings (SSSR count). The molecule has 0 spiro atoms. The van der Waals surface area contributed by atoms with E-state index in [4.69, 9.17) is 10.5 Å². The fourth-order valence-corrected chi connectivity index (χ4v) is 5.09. The fraction of sp³-hybridized carbons (Fsp3) is 0.350. The molecule has 1 unspecified atom stereocenters. The second-order valence-corrected chi connectivity index (χ2v) is 8.37. The number of primary amides is 1. The van der Waals surface area contributed by atoms with Crippen LogP contribution in [0.2, 0.25) is 0 Å². The van der Waals surface area contributed by atoms with Crippen LogP contribution in [-0.4, -0.2) is 51.0 Å². The van der Waals surface area contributed by atoms with E-state index in [1.54, 1.807) is 6.20 Å². The number of hydrogen-bond donors (Lipinski definition) is 1. The third kappa shape index (κ3) is 3.29. The predicted octanol–water partition coefficient (Wildman–Crippen LogP) is 3.21. The largest absolute Gasteiger partial charge is 0.431 e. The summed E-state index contributed by atoms with van der Waals surface area (Å²) in [4.78, 5) is 24.6. The Morgan fingerprint density at radius 2 is 1.93 bits per heavy atom. The van der Waals surface area contributed by atoms with Crippen molar-refractivity contribution in [2.45, 2.75) is 31.5 Å². The van der Waals surface area contributed by atoms with Crippen molar-refractivity contribution in [2.75, 3.05) is 13.1 Å². The molecule has 2 atom stereocenters. The number of carbonyl (C=O) groups excluding carboxylic acids is 1. The van der Waals surface area contributed by atoms with Gasteiger partial charge in [-0.25, -0.2) is 9.78 Å². The van der Waals surface area contributed by atoms with Crippen LogP contribution in [0.4, 0.5) is 4.79 Å². The van der Waals surface area contributed by atoms with Gasteiger partial charge in [0.05, 0.1) is 4.70 Å². The average Bonchev–Trinajstić information content (AvgIpc) is 3.21. The predicted molar refractivity (Wildman–Crippen MR) is 107 cm³/mol. The molecule has 0 radical (unpaired) electrons. The van der Waals surface area contributed by atoms with Gasteiger partial charge in [0.2, 0.25) is 0 Å². The molecule has 2 fully saturated rings. The van der Waals surface area contributed by atoms with Gasteiger partial charge >= 0.3 is 6.03 Å². The lowest BCUT2D eigenvalue weighted by atomic mass is 10.1. The Bertz CT molecular complexity index is 958. The molecule has 0 aliphatic carbocycles. The number of carbonyl (C=O) groups is 1. The molecular formula is C20H21N5O2S. The average molecular weight is 395 g/mol. The number of nitrogens with two attached hydrogens (primary N) is 1. The zero-order valence-electron chi connectivity index (χ0n) is 15.3. The van der Waals surface area contributed by atoms with E-state index in [-0.39, 0.29) is 18.1 Å². The monoisotopic (exact) mass is 395 g/mol. The van der Waals surface area contributed by atoms with Gasteiger partial charge in [-0.3, -0.25) is 4.90 Å². The number of amides is 2. The number of hydrogen-bond acceptors (Lipinski definition) is 6. The molecule has 8 heteroatoms. The van der Waals surface area contributed by atoms with Crippen LogP contribution in [0.3, 0.4) is 0 Å². The Labute approximate surface area is 166 Å². The Morgan fingerprint density at radius 1 is 1.18 bits per heavy atom. The van der Waals surface area contributed by atoms with E-state index in [0.717, 1.165) is 42.9 Å². The zero-order chi connectivity index (χ0) is 19.1. The summed E-state index contributed by atoms with van der Waals surface area (Å²) in [6.45, 7) is 2.64. The number of benzene rings is 1. The van der Waals surface area contributed by atoms with Gasteiger partial charge in [0.15, 0.2) is 5.65 Å². The third-order valence-corrected chi connectivity index (χ3v) is 6.38. The summed E-state index contributed by atoms with van der Waals surface area (Å²) in [6, 6.07) is 12.2. The number of piperazine rings is 1. The molecule has 2 bridgehead atoms. The van der Waals surface area contributed by atoms with E-state index >= 15 is 0 Å². The van der Waals surface area contributed by atoms with Gasteiger partial charge in [0.1, 0.15) is 5.75 Å². The molecule has 28 heavy (non-hydrogen) atoms. The van der Waals surface area contributed by atoms with Crippen LogP contribution in [0.5, 0.6) is 10.9 Å². The molecule has 7 nitrogen and oxygen atoms in total. The Balaban J connectivity index is 1.23. The van der Waals surface area contributed by atoms with Gasteiger partial charge in [0.25, 0.3) is 5.19 Å². The standard InChI is InChI=1S/C20H21N5O2S/c21-19(26)25-14-5-6-15(25)12-24(11-14)10-13-3-7-16(8-4-13)27-20-23-18-17(28-20)2-1-9-22-18/h1-4,7-9,14-15H,5-6,10-12H2,(H2,21,26)/t14-,15?/m1/s1. The van der Waals surface area contributed by atoms with Crippen molar-refractivity contribution in [1.82, 2.24) is 19.8 Å². The number of ether oxygens (including phenoxy) is 1. The van der Waals surface area contributed by atoms with Crippen LogP contribution in [0.25, 0.3) is 10.3 Å². The quantitative estimate of drug-likeness (QED) is 0.733. The third-order valence-electron chi connectivity index (χ3n) is 5.49. The van der Waals surface area contributed by atoms with Gasteiger partial charge in [0, 0.05) is 37.9 Å². The minimum atomic E-state index is -0.279. The summed E-state index contributed by atoms with van der Waals surface area (Å²) >= 11 is 1.49. The van der Waals surface area contributed by atoms with Crippen molar-refractivity contribution in [2.24, 2.45) is 5.73 Å². The molecule has 3 aromatic rings. The van der Waals surface area contributed by atoms with Gasteiger partial charge in [-0.1, -0.05) is 23.5 Å². The van der Waals surface area contributed by atoms with Gasteiger partial charge in [-0.2, -0.15) is 4.98 Å². The maximum Gasteiger partial charge on any atom is 0.315 e. The van der Waals surface area contributed by atoms with E-state index in [9.17, 15) is 4.79 Å². The maximum atomic E-state index is 11.6. The number of urea groups is 1. The first-order chi connectivity index (χ1) is 13.7. The van der Waals surface area contributed by atoms with E-state index in [0.29, 0.717) is 10.8 Å². The first-order valence-electron chi connectivity index (χ1n) is 9.44. The molecule has 2 aromatic heterocycles. The summed E-state index contributed by atoms with van der Waals surface area (Å²) in [5, 5.41) is 0.598. The SMILES string of the molecule is NC(=O)N1C2CC[C@@H]1CN(Cc1ccc(Oc3nc4ncccc4s3)cc1)C2. The fourth-order valence-electron chi connectivity index (χ4n) is 4.29. The highest BCUT2D eigenvalue weighted by atomic mass is 32.1. The van der Waals surface area contributed by atoms with Crippen molar-refractivity contribution < 1.29 is 9.53 Å². The highest BCUT2D eigenvalue weighted by Gasteiger charge is 2.41. The number of aromatic nitrogens is 2. The second-order valence-electron chi connectivity index (χ2n) is 7.38. The molecule has 2 saturated heterocycles. The Hall–Kier alpha value is -2.71. The van der Waals surface area contributed by atoms with Crippen LogP contribution in [0.15, 0.2) is 42.6 Å². The number of pyridine rings is 1. The summed E-state index contributed by atoms with van der Waals surface area (Å²) in [7, 11) is 0. The number of likely N-dealkylation sites (tertiary alicyclic amines) is 1. The van der Waals surface area contributed by atoms with Crippen LogP contribution >= 0.6 is 11.3 Å². The molecule has 2 aliphatic rings. The Morgan fingerprint density at radius 3 is 2.61 bits per heavy atom. The van der Waals surface area contributed by atoms with Crippen molar-refractivity contribution in [3.05, 3.63) is 48.2 Å². The van der Waals surface area contributed by atoms with Crippen molar-refractivity contribution in [1.29, 1.82) is 0 Å². The van der Waals surface area contributed by atoms with Crippen molar-refractivity contribution in [3.8, 4) is 10.9 Å². The summed E-state index contributed by atoms with van der Waals surface area (Å²) in [6.07, 6.45) is 3.83. The number of fused-ring (bicyclic) bond motifs is 3. The molecule has 2 aliphatic heterocycles. The molecule has 144 valence electrons. The van der Waals surface area contributed by atoms with Crippen LogP contribution < -0.4 is 10.5 Å². The lowest BCUT2D eigenvalue weighted by Crippen LogP contribution is -2.56. The van der Waals surface area contributed by atoms with E-state index in [2.05, 4.69) is 27.0 Å². The zero-order valence-corrected chi connectivity index (χ0v) is 16.1. The summed E-state index contributed by atoms with van der Waals surface area (Å²) in [5.74, 6) is 0.765. The number of nitrogens with zero attached hydrogens (tertiary/aromatic N) is 4. The minimum Gasteiger partial charge on any atom is -0.431 e. The van der Waals surface area contributed by atoms with E-state index in [1.807, 2.05) is 29.2 Å². The normalized spacial score (nSPS) is 21.9. The van der Waals surface area contributed by atoms with Crippen LogP contribution in [-0.2, 0) is 6.54 Å². The van der Waals surface area contributed by atoms with Gasteiger partial charge in [-0.05, 0) is 42.7 Å². The Kier molecular flexibility index (Phi) is 4.37. The molecule has 2 amide bonds. The first-order valence-corrected chi connectivity index (χ1v) is 10.3. The first kappa shape index (κ1) is 17.4. The topological polar surface area (TPSA) is 84.6 Å². The van der Waals surface area contributed by atoms with Crippen molar-refractivity contribution >= 4 is 27.7 Å². The molecule has 4 heterocycles. The highest BCUT2D eigenvalue weighted by molar-refractivity contribution is 7.20. The van der Waals surface area contributed by atoms with Crippen molar-refractivity contribution in [3.63, 3.8) is 0 Å². The highest BCUT2D eigenvalue weighted by Crippen LogP contribution is 2.32. The summed E-state index contributed by atoms with van der Waals surface area (Å²) in [5.41, 5.74) is 7.48. The number of thiazole rings is 1. The minimum absolute atomic E-state index is 0.256. The van der Waals surface area contributed by atoms with E-state index < -0.39 is 0 Å². The molecular weight excluding hydrogens is 374 g/mol. The maximum absolute atomic E-state index is 11.6. The number of rotatable bonds is 4.